The Labute approximate surface area is 110 Å². The van der Waals surface area contributed by atoms with Gasteiger partial charge < -0.3 is 15.3 Å². The van der Waals surface area contributed by atoms with Crippen LogP contribution in [0.4, 0.5) is 4.79 Å². The summed E-state index contributed by atoms with van der Waals surface area (Å²) in [5.74, 6) is -0.774. The molecule has 0 aromatic rings. The number of aliphatic carboxylic acids is 1. The summed E-state index contributed by atoms with van der Waals surface area (Å²) in [5, 5.41) is 11.7. The van der Waals surface area contributed by atoms with Crippen molar-refractivity contribution in [3.05, 3.63) is 0 Å². The van der Waals surface area contributed by atoms with Gasteiger partial charge in [0.1, 0.15) is 0 Å². The Morgan fingerprint density at radius 3 is 2.33 bits per heavy atom. The van der Waals surface area contributed by atoms with E-state index in [0.29, 0.717) is 19.0 Å². The van der Waals surface area contributed by atoms with Gasteiger partial charge in [-0.15, -0.1) is 0 Å². The molecule has 106 valence electrons. The van der Waals surface area contributed by atoms with Crippen molar-refractivity contribution in [1.29, 1.82) is 0 Å². The SMILES string of the molecule is CCN(CC(C)C(=O)O)C(=O)NCCCC(C)C. The number of urea groups is 1. The van der Waals surface area contributed by atoms with Crippen molar-refractivity contribution in [1.82, 2.24) is 10.2 Å². The minimum absolute atomic E-state index is 0.172. The van der Waals surface area contributed by atoms with Crippen LogP contribution in [-0.2, 0) is 4.79 Å². The molecule has 5 nitrogen and oxygen atoms in total. The van der Waals surface area contributed by atoms with Crippen molar-refractivity contribution in [3.63, 3.8) is 0 Å². The zero-order chi connectivity index (χ0) is 14.1. The molecule has 5 heteroatoms. The first kappa shape index (κ1) is 16.7. The standard InChI is InChI=1S/C13H26N2O3/c1-5-15(9-11(4)12(16)17)13(18)14-8-6-7-10(2)3/h10-11H,5-9H2,1-4H3,(H,14,18)(H,16,17). The van der Waals surface area contributed by atoms with Gasteiger partial charge in [-0.25, -0.2) is 4.79 Å². The number of nitrogens with one attached hydrogen (secondary N) is 1. The Kier molecular flexibility index (Phi) is 8.16. The van der Waals surface area contributed by atoms with Gasteiger partial charge in [0, 0.05) is 19.6 Å². The number of rotatable bonds is 8. The van der Waals surface area contributed by atoms with E-state index in [2.05, 4.69) is 19.2 Å². The second-order valence-corrected chi connectivity index (χ2v) is 5.05. The van der Waals surface area contributed by atoms with E-state index in [4.69, 9.17) is 5.11 Å². The Morgan fingerprint density at radius 2 is 1.89 bits per heavy atom. The highest BCUT2D eigenvalue weighted by Gasteiger charge is 2.18. The number of carboxylic acid groups (broad SMARTS) is 1. The highest BCUT2D eigenvalue weighted by atomic mass is 16.4. The maximum Gasteiger partial charge on any atom is 0.317 e. The monoisotopic (exact) mass is 258 g/mol. The van der Waals surface area contributed by atoms with E-state index in [-0.39, 0.29) is 12.6 Å². The van der Waals surface area contributed by atoms with E-state index in [1.807, 2.05) is 6.92 Å². The smallest absolute Gasteiger partial charge is 0.317 e. The lowest BCUT2D eigenvalue weighted by Gasteiger charge is -2.23. The predicted octanol–water partition coefficient (Wildman–Crippen LogP) is 2.17. The van der Waals surface area contributed by atoms with Gasteiger partial charge >= 0.3 is 12.0 Å². The van der Waals surface area contributed by atoms with Crippen LogP contribution >= 0.6 is 0 Å². The fourth-order valence-corrected chi connectivity index (χ4v) is 1.58. The molecular weight excluding hydrogens is 232 g/mol. The van der Waals surface area contributed by atoms with Gasteiger partial charge in [-0.3, -0.25) is 4.79 Å². The third-order valence-electron chi connectivity index (χ3n) is 2.82. The molecule has 18 heavy (non-hydrogen) atoms. The van der Waals surface area contributed by atoms with Gasteiger partial charge in [0.15, 0.2) is 0 Å². The summed E-state index contributed by atoms with van der Waals surface area (Å²) < 4.78 is 0. The van der Waals surface area contributed by atoms with Crippen molar-refractivity contribution in [3.8, 4) is 0 Å². The van der Waals surface area contributed by atoms with Crippen LogP contribution in [0.1, 0.15) is 40.5 Å². The van der Waals surface area contributed by atoms with Gasteiger partial charge in [0.25, 0.3) is 0 Å². The van der Waals surface area contributed by atoms with Crippen molar-refractivity contribution < 1.29 is 14.7 Å². The third kappa shape index (κ3) is 7.14. The highest BCUT2D eigenvalue weighted by Crippen LogP contribution is 2.03. The molecule has 0 aliphatic carbocycles. The zero-order valence-electron chi connectivity index (χ0n) is 11.9. The molecule has 1 unspecified atom stereocenters. The van der Waals surface area contributed by atoms with Gasteiger partial charge in [0.2, 0.25) is 0 Å². The van der Waals surface area contributed by atoms with Crippen LogP contribution in [0.5, 0.6) is 0 Å². The molecule has 0 rings (SSSR count). The molecule has 0 heterocycles. The number of carboxylic acids is 1. The number of carbonyl (C=O) groups is 2. The molecule has 0 saturated carbocycles. The number of nitrogens with zero attached hydrogens (tertiary/aromatic N) is 1. The molecule has 2 amide bonds. The fraction of sp³-hybridized carbons (Fsp3) is 0.846. The van der Waals surface area contributed by atoms with Crippen LogP contribution in [0.2, 0.25) is 0 Å². The summed E-state index contributed by atoms with van der Waals surface area (Å²) >= 11 is 0. The van der Waals surface area contributed by atoms with Crippen molar-refractivity contribution in [2.24, 2.45) is 11.8 Å². The number of hydrogen-bond donors (Lipinski definition) is 2. The Balaban J connectivity index is 4.00. The number of hydrogen-bond acceptors (Lipinski definition) is 2. The first-order chi connectivity index (χ1) is 8.38. The summed E-state index contributed by atoms with van der Waals surface area (Å²) in [6, 6.07) is -0.172. The minimum Gasteiger partial charge on any atom is -0.481 e. The van der Waals surface area contributed by atoms with Gasteiger partial charge in [-0.05, 0) is 25.7 Å². The predicted molar refractivity (Wildman–Crippen MR) is 71.5 cm³/mol. The van der Waals surface area contributed by atoms with E-state index in [0.717, 1.165) is 12.8 Å². The fourth-order valence-electron chi connectivity index (χ4n) is 1.58. The van der Waals surface area contributed by atoms with Crippen molar-refractivity contribution in [2.45, 2.75) is 40.5 Å². The summed E-state index contributed by atoms with van der Waals surface area (Å²) in [4.78, 5) is 24.1. The van der Waals surface area contributed by atoms with Gasteiger partial charge in [0.05, 0.1) is 5.92 Å². The van der Waals surface area contributed by atoms with Gasteiger partial charge in [-0.2, -0.15) is 0 Å². The second-order valence-electron chi connectivity index (χ2n) is 5.05. The van der Waals surface area contributed by atoms with E-state index >= 15 is 0 Å². The third-order valence-corrected chi connectivity index (χ3v) is 2.82. The number of carbonyl (C=O) groups excluding carboxylic acids is 1. The molecule has 1 atom stereocenters. The molecule has 0 aliphatic rings. The molecule has 0 spiro atoms. The summed E-state index contributed by atoms with van der Waals surface area (Å²) in [5.41, 5.74) is 0. The van der Waals surface area contributed by atoms with E-state index in [9.17, 15) is 9.59 Å². The van der Waals surface area contributed by atoms with Crippen molar-refractivity contribution in [2.75, 3.05) is 19.6 Å². The maximum absolute atomic E-state index is 11.8. The first-order valence-electron chi connectivity index (χ1n) is 6.64. The summed E-state index contributed by atoms with van der Waals surface area (Å²) in [6.07, 6.45) is 2.04. The normalized spacial score (nSPS) is 12.3. The lowest BCUT2D eigenvalue weighted by atomic mass is 10.1. The van der Waals surface area contributed by atoms with E-state index in [1.165, 1.54) is 4.90 Å². The summed E-state index contributed by atoms with van der Waals surface area (Å²) in [6.45, 7) is 9.17. The average Bonchev–Trinajstić information content (AvgIpc) is 2.30. The van der Waals surface area contributed by atoms with Crippen molar-refractivity contribution >= 4 is 12.0 Å². The van der Waals surface area contributed by atoms with Crippen LogP contribution in [0, 0.1) is 11.8 Å². The Morgan fingerprint density at radius 1 is 1.28 bits per heavy atom. The zero-order valence-corrected chi connectivity index (χ0v) is 11.9. The molecule has 0 fully saturated rings. The molecular formula is C13H26N2O3. The minimum atomic E-state index is -0.874. The average molecular weight is 258 g/mol. The topological polar surface area (TPSA) is 69.6 Å². The molecule has 0 bridgehead atoms. The lowest BCUT2D eigenvalue weighted by molar-refractivity contribution is -0.141. The Bertz CT molecular complexity index is 267. The van der Waals surface area contributed by atoms with E-state index in [1.54, 1.807) is 6.92 Å². The Hall–Kier alpha value is -1.26. The van der Waals surface area contributed by atoms with Crippen LogP contribution in [0.15, 0.2) is 0 Å². The van der Waals surface area contributed by atoms with Crippen LogP contribution in [0.3, 0.4) is 0 Å². The summed E-state index contributed by atoms with van der Waals surface area (Å²) in [7, 11) is 0. The largest absolute Gasteiger partial charge is 0.481 e. The maximum atomic E-state index is 11.8. The quantitative estimate of drug-likeness (QED) is 0.656. The molecule has 0 saturated heterocycles. The molecule has 0 aliphatic heterocycles. The molecule has 0 aromatic heterocycles. The number of amides is 2. The highest BCUT2D eigenvalue weighted by molar-refractivity contribution is 5.75. The van der Waals surface area contributed by atoms with Crippen LogP contribution in [-0.4, -0.2) is 41.6 Å². The molecule has 0 radical (unpaired) electrons. The van der Waals surface area contributed by atoms with Crippen LogP contribution in [0.25, 0.3) is 0 Å². The van der Waals surface area contributed by atoms with E-state index < -0.39 is 11.9 Å². The van der Waals surface area contributed by atoms with Crippen LogP contribution < -0.4 is 5.32 Å². The molecule has 0 aromatic carbocycles. The first-order valence-corrected chi connectivity index (χ1v) is 6.64. The van der Waals surface area contributed by atoms with Gasteiger partial charge in [-0.1, -0.05) is 20.8 Å². The lowest BCUT2D eigenvalue weighted by Crippen LogP contribution is -2.43. The second kappa shape index (κ2) is 8.78. The molecule has 2 N–H and O–H groups in total.